The van der Waals surface area contributed by atoms with Crippen LogP contribution in [-0.4, -0.2) is 9.97 Å². The lowest BCUT2D eigenvalue weighted by atomic mass is 10.2. The molecule has 0 spiro atoms. The molecule has 0 atom stereocenters. The molecule has 3 nitrogen and oxygen atoms in total. The van der Waals surface area contributed by atoms with Crippen molar-refractivity contribution in [3.05, 3.63) is 34.3 Å². The van der Waals surface area contributed by atoms with E-state index in [4.69, 9.17) is 5.73 Å². The highest BCUT2D eigenvalue weighted by Crippen LogP contribution is 2.31. The molecule has 0 aromatic carbocycles. The Bertz CT molecular complexity index is 508. The summed E-state index contributed by atoms with van der Waals surface area (Å²) in [5, 5.41) is 3.44. The lowest BCUT2D eigenvalue weighted by molar-refractivity contribution is -0.141. The van der Waals surface area contributed by atoms with Crippen LogP contribution in [0.2, 0.25) is 0 Å². The van der Waals surface area contributed by atoms with Crippen LogP contribution in [0.1, 0.15) is 11.3 Å². The first kappa shape index (κ1) is 12.0. The Hall–Kier alpha value is -1.47. The van der Waals surface area contributed by atoms with Crippen molar-refractivity contribution in [2.75, 3.05) is 0 Å². The van der Waals surface area contributed by atoms with Gasteiger partial charge in [-0.1, -0.05) is 0 Å². The van der Waals surface area contributed by atoms with Gasteiger partial charge < -0.3 is 5.73 Å². The van der Waals surface area contributed by atoms with Crippen LogP contribution in [0.4, 0.5) is 13.2 Å². The standard InChI is InChI=1S/C10H8F3N3S/c11-10(12,13)8-7(3-14)4-15-9(16-8)6-1-2-17-5-6/h1-2,4-5H,3,14H2. The number of hydrogen-bond donors (Lipinski definition) is 1. The molecule has 0 amide bonds. The van der Waals surface area contributed by atoms with Gasteiger partial charge in [0.05, 0.1) is 0 Å². The minimum Gasteiger partial charge on any atom is -0.326 e. The molecule has 0 fully saturated rings. The number of rotatable bonds is 2. The van der Waals surface area contributed by atoms with Crippen molar-refractivity contribution in [3.8, 4) is 11.4 Å². The van der Waals surface area contributed by atoms with Crippen molar-refractivity contribution in [1.82, 2.24) is 9.97 Å². The average Bonchev–Trinajstić information content (AvgIpc) is 2.80. The second-order valence-corrected chi connectivity index (χ2v) is 4.06. The van der Waals surface area contributed by atoms with Crippen molar-refractivity contribution in [3.63, 3.8) is 0 Å². The number of aromatic nitrogens is 2. The van der Waals surface area contributed by atoms with E-state index in [2.05, 4.69) is 9.97 Å². The summed E-state index contributed by atoms with van der Waals surface area (Å²) in [5.74, 6) is 0.0655. The molecule has 0 saturated carbocycles. The molecule has 2 heterocycles. The summed E-state index contributed by atoms with van der Waals surface area (Å²) in [5.41, 5.74) is 4.75. The van der Waals surface area contributed by atoms with E-state index < -0.39 is 11.9 Å². The average molecular weight is 259 g/mol. The fourth-order valence-electron chi connectivity index (χ4n) is 1.33. The van der Waals surface area contributed by atoms with Gasteiger partial charge in [-0.2, -0.15) is 24.5 Å². The van der Waals surface area contributed by atoms with Crippen molar-refractivity contribution in [2.24, 2.45) is 5.73 Å². The lowest BCUT2D eigenvalue weighted by Gasteiger charge is -2.10. The predicted molar refractivity (Wildman–Crippen MR) is 58.2 cm³/mol. The van der Waals surface area contributed by atoms with Gasteiger partial charge in [0.25, 0.3) is 0 Å². The molecule has 7 heteroatoms. The summed E-state index contributed by atoms with van der Waals surface area (Å²) in [6, 6.07) is 1.67. The molecule has 2 N–H and O–H groups in total. The van der Waals surface area contributed by atoms with Crippen LogP contribution < -0.4 is 5.73 Å². The van der Waals surface area contributed by atoms with Gasteiger partial charge in [0.1, 0.15) is 0 Å². The van der Waals surface area contributed by atoms with Crippen LogP contribution in [-0.2, 0) is 12.7 Å². The molecule has 2 aromatic rings. The second-order valence-electron chi connectivity index (χ2n) is 3.28. The maximum absolute atomic E-state index is 12.7. The number of hydrogen-bond acceptors (Lipinski definition) is 4. The molecule has 90 valence electrons. The molecular formula is C10H8F3N3S. The van der Waals surface area contributed by atoms with E-state index in [0.717, 1.165) is 6.20 Å². The van der Waals surface area contributed by atoms with Gasteiger partial charge in [0.15, 0.2) is 11.5 Å². The summed E-state index contributed by atoms with van der Waals surface area (Å²) in [6.07, 6.45) is -3.38. The minimum atomic E-state index is -4.51. The van der Waals surface area contributed by atoms with Gasteiger partial charge in [-0.15, -0.1) is 0 Å². The molecule has 0 radical (unpaired) electrons. The van der Waals surface area contributed by atoms with Gasteiger partial charge in [0.2, 0.25) is 0 Å². The van der Waals surface area contributed by atoms with E-state index in [1.807, 2.05) is 0 Å². The van der Waals surface area contributed by atoms with E-state index in [1.165, 1.54) is 11.3 Å². The van der Waals surface area contributed by atoms with E-state index in [-0.39, 0.29) is 17.9 Å². The smallest absolute Gasteiger partial charge is 0.326 e. The van der Waals surface area contributed by atoms with Crippen LogP contribution in [0.3, 0.4) is 0 Å². The minimum absolute atomic E-state index is 0.0655. The Morgan fingerprint density at radius 2 is 2.12 bits per heavy atom. The summed E-state index contributed by atoms with van der Waals surface area (Å²) in [6.45, 7) is -0.237. The van der Waals surface area contributed by atoms with Crippen molar-refractivity contribution >= 4 is 11.3 Å². The Morgan fingerprint density at radius 3 is 2.65 bits per heavy atom. The van der Waals surface area contributed by atoms with Gasteiger partial charge in [-0.3, -0.25) is 0 Å². The predicted octanol–water partition coefficient (Wildman–Crippen LogP) is 2.68. The first-order chi connectivity index (χ1) is 8.02. The zero-order valence-corrected chi connectivity index (χ0v) is 9.35. The second kappa shape index (κ2) is 4.42. The van der Waals surface area contributed by atoms with Crippen LogP contribution in [0.15, 0.2) is 23.0 Å². The molecule has 0 aliphatic rings. The summed E-state index contributed by atoms with van der Waals surface area (Å²) >= 11 is 1.37. The van der Waals surface area contributed by atoms with Crippen molar-refractivity contribution < 1.29 is 13.2 Å². The molecule has 2 rings (SSSR count). The van der Waals surface area contributed by atoms with Gasteiger partial charge in [-0.05, 0) is 11.4 Å². The maximum atomic E-state index is 12.7. The molecule has 0 aliphatic heterocycles. The van der Waals surface area contributed by atoms with Crippen LogP contribution in [0.5, 0.6) is 0 Å². The monoisotopic (exact) mass is 259 g/mol. The topological polar surface area (TPSA) is 51.8 Å². The zero-order chi connectivity index (χ0) is 12.5. The molecule has 0 saturated heterocycles. The number of nitrogens with two attached hydrogens (primary N) is 1. The normalized spacial score (nSPS) is 11.8. The Balaban J connectivity index is 2.53. The van der Waals surface area contributed by atoms with E-state index in [1.54, 1.807) is 16.8 Å². The summed E-state index contributed by atoms with van der Waals surface area (Å²) in [4.78, 5) is 7.43. The van der Waals surface area contributed by atoms with Gasteiger partial charge >= 0.3 is 6.18 Å². The molecular weight excluding hydrogens is 251 g/mol. The van der Waals surface area contributed by atoms with Crippen molar-refractivity contribution in [1.29, 1.82) is 0 Å². The third kappa shape index (κ3) is 2.45. The maximum Gasteiger partial charge on any atom is 0.433 e. The van der Waals surface area contributed by atoms with E-state index >= 15 is 0 Å². The third-order valence-electron chi connectivity index (χ3n) is 2.13. The first-order valence-electron chi connectivity index (χ1n) is 4.68. The highest BCUT2D eigenvalue weighted by atomic mass is 32.1. The molecule has 17 heavy (non-hydrogen) atoms. The number of alkyl halides is 3. The highest BCUT2D eigenvalue weighted by molar-refractivity contribution is 7.08. The third-order valence-corrected chi connectivity index (χ3v) is 2.82. The highest BCUT2D eigenvalue weighted by Gasteiger charge is 2.35. The molecule has 2 aromatic heterocycles. The number of nitrogens with zero attached hydrogens (tertiary/aromatic N) is 2. The quantitative estimate of drug-likeness (QED) is 0.902. The van der Waals surface area contributed by atoms with E-state index in [0.29, 0.717) is 5.56 Å². The Kier molecular flexibility index (Phi) is 3.12. The number of halogens is 3. The SMILES string of the molecule is NCc1cnc(-c2ccsc2)nc1C(F)(F)F. The summed E-state index contributed by atoms with van der Waals surface area (Å²) < 4.78 is 38.1. The molecule has 0 bridgehead atoms. The fourth-order valence-corrected chi connectivity index (χ4v) is 1.97. The van der Waals surface area contributed by atoms with Crippen LogP contribution >= 0.6 is 11.3 Å². The van der Waals surface area contributed by atoms with E-state index in [9.17, 15) is 13.2 Å². The Morgan fingerprint density at radius 1 is 1.35 bits per heavy atom. The Labute approximate surface area is 99.1 Å². The zero-order valence-electron chi connectivity index (χ0n) is 8.53. The first-order valence-corrected chi connectivity index (χ1v) is 5.62. The van der Waals surface area contributed by atoms with Crippen LogP contribution in [0.25, 0.3) is 11.4 Å². The van der Waals surface area contributed by atoms with Crippen molar-refractivity contribution in [2.45, 2.75) is 12.7 Å². The van der Waals surface area contributed by atoms with Gasteiger partial charge in [-0.25, -0.2) is 9.97 Å². The van der Waals surface area contributed by atoms with Gasteiger partial charge in [0, 0.05) is 29.2 Å². The lowest BCUT2D eigenvalue weighted by Crippen LogP contribution is -2.15. The molecule has 0 unspecified atom stereocenters. The van der Waals surface area contributed by atoms with Crippen LogP contribution in [0, 0.1) is 0 Å². The number of thiophene rings is 1. The largest absolute Gasteiger partial charge is 0.433 e. The summed E-state index contributed by atoms with van der Waals surface area (Å²) in [7, 11) is 0. The molecule has 0 aliphatic carbocycles. The fraction of sp³-hybridized carbons (Fsp3) is 0.200.